The minimum absolute atomic E-state index is 0.158. The van der Waals surface area contributed by atoms with E-state index in [0.717, 1.165) is 39.1 Å². The molecule has 0 saturated heterocycles. The number of nitrogens with one attached hydrogen (secondary N) is 1. The Morgan fingerprint density at radius 3 is 1.19 bits per heavy atom. The van der Waals surface area contributed by atoms with Gasteiger partial charge in [0, 0.05) is 39.2 Å². The minimum atomic E-state index is -0.158. The lowest BCUT2D eigenvalue weighted by Gasteiger charge is -2.16. The Bertz CT molecular complexity index is 2080. The van der Waals surface area contributed by atoms with Crippen LogP contribution in [0.3, 0.4) is 0 Å². The van der Waals surface area contributed by atoms with E-state index < -0.39 is 0 Å². The lowest BCUT2D eigenvalue weighted by Crippen LogP contribution is -2.09. The molecular weight excluding hydrogens is 574 g/mol. The number of hydrogen-bond donors (Lipinski definition) is 1. The monoisotopic (exact) mass is 605 g/mol. The number of benzene rings is 7. The topological polar surface area (TPSA) is 46.2 Å². The van der Waals surface area contributed by atoms with Crippen molar-refractivity contribution in [1.29, 1.82) is 0 Å². The van der Waals surface area contributed by atoms with E-state index in [1.54, 1.807) is 6.07 Å². The Morgan fingerprint density at radius 1 is 0.362 bits per heavy atom. The fourth-order valence-electron chi connectivity index (χ4n) is 5.99. The molecule has 0 amide bonds. The van der Waals surface area contributed by atoms with Crippen LogP contribution in [-0.2, 0) is 0 Å². The maximum atomic E-state index is 14.4. The molecule has 7 aromatic rings. The molecule has 7 aromatic carbocycles. The molecule has 0 radical (unpaired) electrons. The average Bonchev–Trinajstić information content (AvgIpc) is 3.15. The van der Waals surface area contributed by atoms with Gasteiger partial charge in [-0.1, -0.05) is 158 Å². The van der Waals surface area contributed by atoms with Crippen LogP contribution in [0.1, 0.15) is 31.8 Å². The van der Waals surface area contributed by atoms with Crippen LogP contribution in [0, 0.1) is 0 Å². The predicted octanol–water partition coefficient (Wildman–Crippen LogP) is 10.9. The van der Waals surface area contributed by atoms with Gasteiger partial charge in [-0.15, -0.1) is 0 Å². The van der Waals surface area contributed by atoms with E-state index in [1.807, 2.05) is 158 Å². The first-order chi connectivity index (χ1) is 23.2. The van der Waals surface area contributed by atoms with E-state index in [2.05, 4.69) is 23.5 Å². The highest BCUT2D eigenvalue weighted by atomic mass is 16.1. The van der Waals surface area contributed by atoms with Crippen molar-refractivity contribution in [2.45, 2.75) is 0 Å². The number of hydrogen-bond acceptors (Lipinski definition) is 3. The van der Waals surface area contributed by atoms with Crippen molar-refractivity contribution in [3.8, 4) is 33.4 Å². The number of para-hydroxylation sites is 1. The summed E-state index contributed by atoms with van der Waals surface area (Å²) in [5, 5.41) is 3.55. The summed E-state index contributed by atoms with van der Waals surface area (Å²) in [6.07, 6.45) is 0. The molecule has 0 saturated carbocycles. The second kappa shape index (κ2) is 13.4. The van der Waals surface area contributed by atoms with Crippen molar-refractivity contribution in [3.05, 3.63) is 204 Å². The Balaban J connectivity index is 1.36. The highest BCUT2D eigenvalue weighted by Gasteiger charge is 2.21. The van der Waals surface area contributed by atoms with Crippen LogP contribution in [0.25, 0.3) is 33.4 Å². The van der Waals surface area contributed by atoms with Crippen LogP contribution in [0.4, 0.5) is 11.4 Å². The first kappa shape index (κ1) is 29.4. The third kappa shape index (κ3) is 6.28. The molecule has 1 N–H and O–H groups in total. The molecule has 224 valence electrons. The van der Waals surface area contributed by atoms with Crippen LogP contribution in [0.5, 0.6) is 0 Å². The van der Waals surface area contributed by atoms with E-state index >= 15 is 0 Å². The van der Waals surface area contributed by atoms with Gasteiger partial charge in [0.05, 0.1) is 0 Å². The summed E-state index contributed by atoms with van der Waals surface area (Å²) in [4.78, 5) is 28.8. The maximum absolute atomic E-state index is 14.4. The van der Waals surface area contributed by atoms with E-state index in [0.29, 0.717) is 27.9 Å². The third-order valence-electron chi connectivity index (χ3n) is 8.26. The van der Waals surface area contributed by atoms with Crippen molar-refractivity contribution < 1.29 is 9.59 Å². The van der Waals surface area contributed by atoms with Crippen molar-refractivity contribution in [3.63, 3.8) is 0 Å². The first-order valence-electron chi connectivity index (χ1n) is 15.6. The highest BCUT2D eigenvalue weighted by Crippen LogP contribution is 2.33. The molecule has 0 unspecified atom stereocenters. The van der Waals surface area contributed by atoms with Crippen LogP contribution >= 0.6 is 0 Å². The lowest BCUT2D eigenvalue weighted by atomic mass is 9.90. The summed E-state index contributed by atoms with van der Waals surface area (Å²) in [5.74, 6) is -0.315. The molecule has 0 bridgehead atoms. The van der Waals surface area contributed by atoms with Crippen molar-refractivity contribution in [1.82, 2.24) is 0 Å². The number of carbonyl (C=O) groups is 2. The van der Waals surface area contributed by atoms with E-state index in [-0.39, 0.29) is 11.6 Å². The van der Waals surface area contributed by atoms with Gasteiger partial charge in [0.25, 0.3) is 0 Å². The smallest absolute Gasteiger partial charge is 0.193 e. The molecule has 0 heterocycles. The van der Waals surface area contributed by atoms with Crippen LogP contribution in [0.15, 0.2) is 182 Å². The van der Waals surface area contributed by atoms with Gasteiger partial charge in [-0.3, -0.25) is 9.59 Å². The standard InChI is InChI=1S/C44H31NO2/c46-43(40-25-12-10-22-37(40)31-16-4-1-5-17-31)34-28-35(44(47)41-26-13-11-23-38(41)32-18-6-2-7-19-32)30-36(29-34)45-42-27-15-14-24-39(42)33-20-8-3-9-21-33/h1-30,45H. The fraction of sp³-hybridized carbons (Fsp3) is 0. The third-order valence-corrected chi connectivity index (χ3v) is 8.26. The summed E-state index contributed by atoms with van der Waals surface area (Å²) in [6, 6.07) is 58.6. The minimum Gasteiger partial charge on any atom is -0.355 e. The fourth-order valence-corrected chi connectivity index (χ4v) is 5.99. The Kier molecular flexibility index (Phi) is 8.35. The Hall–Kier alpha value is -6.32. The molecule has 0 fully saturated rings. The van der Waals surface area contributed by atoms with Crippen molar-refractivity contribution >= 4 is 22.9 Å². The molecule has 3 nitrogen and oxygen atoms in total. The van der Waals surface area contributed by atoms with E-state index in [4.69, 9.17) is 0 Å². The van der Waals surface area contributed by atoms with E-state index in [1.165, 1.54) is 0 Å². The quantitative estimate of drug-likeness (QED) is 0.167. The van der Waals surface area contributed by atoms with Gasteiger partial charge in [0.2, 0.25) is 0 Å². The second-order valence-corrected chi connectivity index (χ2v) is 11.3. The maximum Gasteiger partial charge on any atom is 0.193 e. The van der Waals surface area contributed by atoms with Crippen molar-refractivity contribution in [2.24, 2.45) is 0 Å². The molecule has 0 aliphatic heterocycles. The molecule has 7 rings (SSSR count). The number of carbonyl (C=O) groups excluding carboxylic acids is 2. The molecule has 0 spiro atoms. The van der Waals surface area contributed by atoms with Gasteiger partial charge >= 0.3 is 0 Å². The molecule has 3 heteroatoms. The van der Waals surface area contributed by atoms with Crippen LogP contribution < -0.4 is 5.32 Å². The molecular formula is C44H31NO2. The van der Waals surface area contributed by atoms with Crippen LogP contribution in [-0.4, -0.2) is 11.6 Å². The first-order valence-corrected chi connectivity index (χ1v) is 15.6. The summed E-state index contributed by atoms with van der Waals surface area (Å²) in [7, 11) is 0. The Morgan fingerprint density at radius 2 is 0.723 bits per heavy atom. The zero-order valence-corrected chi connectivity index (χ0v) is 25.6. The van der Waals surface area contributed by atoms with Gasteiger partial charge in [0.15, 0.2) is 11.6 Å². The Labute approximate surface area is 274 Å². The SMILES string of the molecule is O=C(c1cc(Nc2ccccc2-c2ccccc2)cc(C(=O)c2ccccc2-c2ccccc2)c1)c1ccccc1-c1ccccc1. The predicted molar refractivity (Wildman–Crippen MR) is 192 cm³/mol. The zero-order chi connectivity index (χ0) is 32.0. The number of ketones is 2. The average molecular weight is 606 g/mol. The summed E-state index contributed by atoms with van der Waals surface area (Å²) in [6.45, 7) is 0. The summed E-state index contributed by atoms with van der Waals surface area (Å²) < 4.78 is 0. The van der Waals surface area contributed by atoms with Gasteiger partial charge in [-0.05, 0) is 52.1 Å². The lowest BCUT2D eigenvalue weighted by molar-refractivity contribution is 0.103. The number of rotatable bonds is 9. The molecule has 47 heavy (non-hydrogen) atoms. The van der Waals surface area contributed by atoms with Gasteiger partial charge < -0.3 is 5.32 Å². The number of anilines is 2. The van der Waals surface area contributed by atoms with Crippen LogP contribution in [0.2, 0.25) is 0 Å². The molecule has 0 aromatic heterocycles. The largest absolute Gasteiger partial charge is 0.355 e. The van der Waals surface area contributed by atoms with Crippen molar-refractivity contribution in [2.75, 3.05) is 5.32 Å². The van der Waals surface area contributed by atoms with E-state index in [9.17, 15) is 9.59 Å². The normalized spacial score (nSPS) is 10.7. The molecule has 0 aliphatic rings. The molecule has 0 aliphatic carbocycles. The second-order valence-electron chi connectivity index (χ2n) is 11.3. The highest BCUT2D eigenvalue weighted by molar-refractivity contribution is 6.17. The zero-order valence-electron chi connectivity index (χ0n) is 25.6. The van der Waals surface area contributed by atoms with Gasteiger partial charge in [0.1, 0.15) is 0 Å². The van der Waals surface area contributed by atoms with Gasteiger partial charge in [-0.2, -0.15) is 0 Å². The molecule has 0 atom stereocenters. The van der Waals surface area contributed by atoms with Gasteiger partial charge in [-0.25, -0.2) is 0 Å². The summed E-state index contributed by atoms with van der Waals surface area (Å²) >= 11 is 0. The summed E-state index contributed by atoms with van der Waals surface area (Å²) in [5.41, 5.74) is 9.19.